The number of hydrogen-bond donors (Lipinski definition) is 1. The van der Waals surface area contributed by atoms with Crippen molar-refractivity contribution in [2.24, 2.45) is 0 Å². The van der Waals surface area contributed by atoms with Crippen LogP contribution >= 0.6 is 11.8 Å². The smallest absolute Gasteiger partial charge is 0.143 e. The molecule has 1 rings (SSSR count). The van der Waals surface area contributed by atoms with E-state index in [4.69, 9.17) is 10.5 Å². The predicted molar refractivity (Wildman–Crippen MR) is 67.7 cm³/mol. The van der Waals surface area contributed by atoms with Gasteiger partial charge in [0.1, 0.15) is 5.75 Å². The lowest BCUT2D eigenvalue weighted by atomic mass is 10.3. The molecule has 0 amide bonds. The van der Waals surface area contributed by atoms with Crippen LogP contribution in [0, 0.1) is 0 Å². The van der Waals surface area contributed by atoms with Crippen LogP contribution in [0.25, 0.3) is 0 Å². The summed E-state index contributed by atoms with van der Waals surface area (Å²) >= 11 is 1.84. The number of ether oxygens (including phenoxy) is 1. The normalized spacial score (nSPS) is 10.3. The molecule has 3 heteroatoms. The van der Waals surface area contributed by atoms with E-state index in [2.05, 4.69) is 19.9 Å². The molecule has 1 aromatic carbocycles. The highest BCUT2D eigenvalue weighted by atomic mass is 32.2. The van der Waals surface area contributed by atoms with Crippen LogP contribution in [0.4, 0.5) is 5.69 Å². The fourth-order valence-corrected chi connectivity index (χ4v) is 1.96. The molecule has 0 aliphatic rings. The summed E-state index contributed by atoms with van der Waals surface area (Å²) in [6.45, 7) is 5.00. The first-order chi connectivity index (χ1) is 7.27. The standard InChI is InChI=1S/C12H19NOS/c1-3-7-14-12-9-10(15-8-4-2)5-6-11(12)13/h5-6,9H,3-4,7-8,13H2,1-2H3. The second-order valence-corrected chi connectivity index (χ2v) is 4.56. The summed E-state index contributed by atoms with van der Waals surface area (Å²) < 4.78 is 5.57. The van der Waals surface area contributed by atoms with Gasteiger partial charge in [0.05, 0.1) is 12.3 Å². The topological polar surface area (TPSA) is 35.2 Å². The van der Waals surface area contributed by atoms with Crippen LogP contribution in [0.15, 0.2) is 23.1 Å². The number of rotatable bonds is 6. The van der Waals surface area contributed by atoms with Crippen molar-refractivity contribution < 1.29 is 4.74 Å². The predicted octanol–water partition coefficient (Wildman–Crippen LogP) is 3.56. The minimum Gasteiger partial charge on any atom is -0.491 e. The van der Waals surface area contributed by atoms with E-state index in [0.29, 0.717) is 0 Å². The Labute approximate surface area is 96.2 Å². The maximum Gasteiger partial charge on any atom is 0.143 e. The van der Waals surface area contributed by atoms with Gasteiger partial charge in [-0.1, -0.05) is 13.8 Å². The summed E-state index contributed by atoms with van der Waals surface area (Å²) in [5, 5.41) is 0. The first-order valence-electron chi connectivity index (χ1n) is 5.43. The first kappa shape index (κ1) is 12.2. The van der Waals surface area contributed by atoms with Crippen molar-refractivity contribution in [3.05, 3.63) is 18.2 Å². The Hall–Kier alpha value is -0.830. The highest BCUT2D eigenvalue weighted by Crippen LogP contribution is 2.28. The van der Waals surface area contributed by atoms with Gasteiger partial charge in [0, 0.05) is 4.90 Å². The van der Waals surface area contributed by atoms with Crippen molar-refractivity contribution in [2.75, 3.05) is 18.1 Å². The van der Waals surface area contributed by atoms with Gasteiger partial charge in [-0.25, -0.2) is 0 Å². The average Bonchev–Trinajstić information content (AvgIpc) is 2.26. The van der Waals surface area contributed by atoms with E-state index in [9.17, 15) is 0 Å². The SMILES string of the molecule is CCCOc1cc(SCCC)ccc1N. The van der Waals surface area contributed by atoms with E-state index >= 15 is 0 Å². The fourth-order valence-electron chi connectivity index (χ4n) is 1.16. The maximum atomic E-state index is 5.82. The van der Waals surface area contributed by atoms with Crippen LogP contribution in [0.1, 0.15) is 26.7 Å². The molecule has 84 valence electrons. The monoisotopic (exact) mass is 225 g/mol. The van der Waals surface area contributed by atoms with Gasteiger partial charge in [-0.05, 0) is 36.8 Å². The maximum absolute atomic E-state index is 5.82. The third-order valence-corrected chi connectivity index (χ3v) is 3.12. The Bertz CT molecular complexity index is 302. The van der Waals surface area contributed by atoms with Gasteiger partial charge in [-0.15, -0.1) is 11.8 Å². The summed E-state index contributed by atoms with van der Waals surface area (Å²) in [7, 11) is 0. The molecule has 0 saturated carbocycles. The number of anilines is 1. The van der Waals surface area contributed by atoms with Gasteiger partial charge in [0.15, 0.2) is 0 Å². The highest BCUT2D eigenvalue weighted by molar-refractivity contribution is 7.99. The van der Waals surface area contributed by atoms with Gasteiger partial charge in [-0.2, -0.15) is 0 Å². The Morgan fingerprint density at radius 2 is 2.07 bits per heavy atom. The summed E-state index contributed by atoms with van der Waals surface area (Å²) in [6.07, 6.45) is 2.19. The molecular weight excluding hydrogens is 206 g/mol. The molecular formula is C12H19NOS. The van der Waals surface area contributed by atoms with Crippen molar-refractivity contribution in [1.82, 2.24) is 0 Å². The molecule has 2 nitrogen and oxygen atoms in total. The Morgan fingerprint density at radius 1 is 1.27 bits per heavy atom. The Morgan fingerprint density at radius 3 is 2.73 bits per heavy atom. The van der Waals surface area contributed by atoms with Crippen molar-refractivity contribution >= 4 is 17.4 Å². The molecule has 0 unspecified atom stereocenters. The van der Waals surface area contributed by atoms with Crippen molar-refractivity contribution in [1.29, 1.82) is 0 Å². The van der Waals surface area contributed by atoms with Crippen molar-refractivity contribution in [3.63, 3.8) is 0 Å². The van der Waals surface area contributed by atoms with Gasteiger partial charge < -0.3 is 10.5 Å². The number of thioether (sulfide) groups is 1. The summed E-state index contributed by atoms with van der Waals surface area (Å²) in [4.78, 5) is 1.23. The van der Waals surface area contributed by atoms with E-state index in [0.717, 1.165) is 30.2 Å². The molecule has 0 heterocycles. The molecule has 0 saturated heterocycles. The Kier molecular flexibility index (Phi) is 5.40. The van der Waals surface area contributed by atoms with Crippen molar-refractivity contribution in [3.8, 4) is 5.75 Å². The van der Waals surface area contributed by atoms with Crippen molar-refractivity contribution in [2.45, 2.75) is 31.6 Å². The number of nitrogens with two attached hydrogens (primary N) is 1. The zero-order valence-corrected chi connectivity index (χ0v) is 10.3. The quantitative estimate of drug-likeness (QED) is 0.594. The zero-order valence-electron chi connectivity index (χ0n) is 9.45. The lowest BCUT2D eigenvalue weighted by Crippen LogP contribution is -1.99. The van der Waals surface area contributed by atoms with Crippen LogP contribution in [0.3, 0.4) is 0 Å². The van der Waals surface area contributed by atoms with E-state index < -0.39 is 0 Å². The zero-order chi connectivity index (χ0) is 11.1. The molecule has 1 aromatic rings. The molecule has 0 aromatic heterocycles. The third-order valence-electron chi connectivity index (χ3n) is 1.92. The lowest BCUT2D eigenvalue weighted by Gasteiger charge is -2.09. The van der Waals surface area contributed by atoms with Crippen LogP contribution in [0.5, 0.6) is 5.75 Å². The molecule has 0 aliphatic carbocycles. The first-order valence-corrected chi connectivity index (χ1v) is 6.41. The fraction of sp³-hybridized carbons (Fsp3) is 0.500. The summed E-state index contributed by atoms with van der Waals surface area (Å²) in [5.41, 5.74) is 6.55. The van der Waals surface area contributed by atoms with E-state index in [1.807, 2.05) is 23.9 Å². The molecule has 2 N–H and O–H groups in total. The summed E-state index contributed by atoms with van der Waals surface area (Å²) in [5.74, 6) is 1.95. The second-order valence-electron chi connectivity index (χ2n) is 3.40. The molecule has 0 fully saturated rings. The number of nitrogen functional groups attached to an aromatic ring is 1. The number of hydrogen-bond acceptors (Lipinski definition) is 3. The molecule has 0 spiro atoms. The van der Waals surface area contributed by atoms with Gasteiger partial charge >= 0.3 is 0 Å². The molecule has 0 aliphatic heterocycles. The molecule has 15 heavy (non-hydrogen) atoms. The van der Waals surface area contributed by atoms with Crippen LogP contribution in [0.2, 0.25) is 0 Å². The van der Waals surface area contributed by atoms with Crippen LogP contribution < -0.4 is 10.5 Å². The molecule has 0 radical (unpaired) electrons. The Balaban J connectivity index is 2.66. The average molecular weight is 225 g/mol. The number of benzene rings is 1. The minimum absolute atomic E-state index is 0.726. The molecule has 0 bridgehead atoms. The third kappa shape index (κ3) is 4.04. The minimum atomic E-state index is 0.726. The van der Waals surface area contributed by atoms with Gasteiger partial charge in [-0.3, -0.25) is 0 Å². The second kappa shape index (κ2) is 6.62. The van der Waals surface area contributed by atoms with E-state index in [1.54, 1.807) is 0 Å². The van der Waals surface area contributed by atoms with Crippen LogP contribution in [-0.2, 0) is 0 Å². The summed E-state index contributed by atoms with van der Waals surface area (Å²) in [6, 6.07) is 6.00. The van der Waals surface area contributed by atoms with Gasteiger partial charge in [0.25, 0.3) is 0 Å². The van der Waals surface area contributed by atoms with E-state index in [1.165, 1.54) is 11.3 Å². The lowest BCUT2D eigenvalue weighted by molar-refractivity contribution is 0.318. The molecule has 0 atom stereocenters. The highest BCUT2D eigenvalue weighted by Gasteiger charge is 2.02. The van der Waals surface area contributed by atoms with Gasteiger partial charge in [0.2, 0.25) is 0 Å². The van der Waals surface area contributed by atoms with E-state index in [-0.39, 0.29) is 0 Å². The largest absolute Gasteiger partial charge is 0.491 e. The van der Waals surface area contributed by atoms with Crippen LogP contribution in [-0.4, -0.2) is 12.4 Å².